The van der Waals surface area contributed by atoms with Gasteiger partial charge < -0.3 is 14.9 Å². The number of carbonyl (C=O) groups is 3. The summed E-state index contributed by atoms with van der Waals surface area (Å²) in [6.07, 6.45) is 16.9. The Bertz CT molecular complexity index is 1250. The highest BCUT2D eigenvalue weighted by atomic mass is 16.5. The third-order valence-electron chi connectivity index (χ3n) is 10.9. The maximum atomic E-state index is 13.5. The van der Waals surface area contributed by atoms with Crippen molar-refractivity contribution >= 4 is 17.5 Å². The van der Waals surface area contributed by atoms with Gasteiger partial charge in [-0.25, -0.2) is 4.79 Å². The molecule has 0 aromatic rings. The number of aliphatic hydroxyl groups excluding tert-OH is 1. The van der Waals surface area contributed by atoms with Crippen LogP contribution < -0.4 is 0 Å². The van der Waals surface area contributed by atoms with E-state index in [4.69, 9.17) is 4.74 Å². The molecule has 0 amide bonds. The van der Waals surface area contributed by atoms with Crippen molar-refractivity contribution in [3.8, 4) is 0 Å². The Morgan fingerprint density at radius 2 is 1.74 bits per heavy atom. The molecule has 42 heavy (non-hydrogen) atoms. The normalized spacial score (nSPS) is 36.0. The van der Waals surface area contributed by atoms with Crippen molar-refractivity contribution in [2.45, 2.75) is 111 Å². The Balaban J connectivity index is 1.36. The standard InChI is InChI=1S/C36H50O6/c1-23(2)9-7-10-24(3)11-8-12-25(4)19-32(40)42-22-31(39)36(41)18-16-29-28-14-13-26-20-27(37)15-17-34(26,5)33(28)30(38)21-35(29,36)6/h9,11,15,17,19-20,28-30,33,38,41H,7-8,10,12-14,16,18,21-22H2,1-6H3/b24-11-,25-19-/t28-,29-,30?,33+,34-,35-,36-/m0/s1. The number of ether oxygens (including phenoxy) is 1. The molecule has 7 atom stereocenters. The van der Waals surface area contributed by atoms with Crippen LogP contribution in [0.25, 0.3) is 0 Å². The highest BCUT2D eigenvalue weighted by molar-refractivity contribution is 6.01. The van der Waals surface area contributed by atoms with Crippen molar-refractivity contribution in [3.05, 3.63) is 58.7 Å². The summed E-state index contributed by atoms with van der Waals surface area (Å²) in [4.78, 5) is 38.1. The lowest BCUT2D eigenvalue weighted by Gasteiger charge is -2.59. The summed E-state index contributed by atoms with van der Waals surface area (Å²) in [7, 11) is 0. The van der Waals surface area contributed by atoms with Crippen LogP contribution in [0.15, 0.2) is 58.7 Å². The van der Waals surface area contributed by atoms with Gasteiger partial charge in [0.2, 0.25) is 5.78 Å². The molecule has 1 unspecified atom stereocenters. The molecular weight excluding hydrogens is 528 g/mol. The zero-order valence-electron chi connectivity index (χ0n) is 26.4. The van der Waals surface area contributed by atoms with Crippen LogP contribution in [-0.2, 0) is 19.1 Å². The highest BCUT2D eigenvalue weighted by Gasteiger charge is 2.68. The first-order chi connectivity index (χ1) is 19.7. The van der Waals surface area contributed by atoms with Gasteiger partial charge in [-0.15, -0.1) is 0 Å². The van der Waals surface area contributed by atoms with Gasteiger partial charge in [0.25, 0.3) is 0 Å². The zero-order valence-corrected chi connectivity index (χ0v) is 26.4. The van der Waals surface area contributed by atoms with Gasteiger partial charge in [-0.05, 0) is 109 Å². The number of allylic oxidation sites excluding steroid dienone is 9. The Labute approximate surface area is 251 Å². The summed E-state index contributed by atoms with van der Waals surface area (Å²) in [6.45, 7) is 11.8. The number of aliphatic hydroxyl groups is 2. The van der Waals surface area contributed by atoms with E-state index in [9.17, 15) is 24.6 Å². The predicted molar refractivity (Wildman–Crippen MR) is 164 cm³/mol. The number of esters is 1. The second-order valence-corrected chi connectivity index (χ2v) is 14.0. The van der Waals surface area contributed by atoms with Gasteiger partial charge in [0, 0.05) is 22.8 Å². The Kier molecular flexibility index (Phi) is 9.69. The van der Waals surface area contributed by atoms with E-state index in [1.165, 1.54) is 17.2 Å². The molecule has 4 rings (SSSR count). The lowest BCUT2D eigenvalue weighted by Crippen LogP contribution is -2.61. The van der Waals surface area contributed by atoms with Crippen LogP contribution in [-0.4, -0.2) is 46.1 Å². The number of hydrogen-bond acceptors (Lipinski definition) is 6. The van der Waals surface area contributed by atoms with E-state index in [2.05, 4.69) is 39.8 Å². The lowest BCUT2D eigenvalue weighted by atomic mass is 9.46. The average Bonchev–Trinajstić information content (AvgIpc) is 3.18. The zero-order chi connectivity index (χ0) is 30.9. The number of hydrogen-bond donors (Lipinski definition) is 2. The fourth-order valence-corrected chi connectivity index (χ4v) is 8.60. The van der Waals surface area contributed by atoms with Crippen molar-refractivity contribution in [1.82, 2.24) is 0 Å². The number of Topliss-reactive ketones (excluding diaryl/α,β-unsaturated/α-hetero) is 1. The van der Waals surface area contributed by atoms with Crippen LogP contribution >= 0.6 is 0 Å². The lowest BCUT2D eigenvalue weighted by molar-refractivity contribution is -0.180. The van der Waals surface area contributed by atoms with E-state index in [1.807, 2.05) is 19.9 Å². The molecule has 0 bridgehead atoms. The van der Waals surface area contributed by atoms with Crippen LogP contribution in [0.4, 0.5) is 0 Å². The fraction of sp³-hybridized carbons (Fsp3) is 0.639. The molecule has 4 aliphatic carbocycles. The number of ketones is 2. The monoisotopic (exact) mass is 578 g/mol. The van der Waals surface area contributed by atoms with E-state index in [0.29, 0.717) is 19.3 Å². The van der Waals surface area contributed by atoms with Gasteiger partial charge in [0.1, 0.15) is 5.60 Å². The van der Waals surface area contributed by atoms with Gasteiger partial charge in [-0.1, -0.05) is 54.4 Å². The number of fused-ring (bicyclic) bond motifs is 5. The Hall–Kier alpha value is -2.57. The molecule has 0 heterocycles. The maximum absolute atomic E-state index is 13.5. The van der Waals surface area contributed by atoms with Crippen LogP contribution in [0.2, 0.25) is 0 Å². The number of carbonyl (C=O) groups excluding carboxylic acids is 3. The molecule has 0 radical (unpaired) electrons. The van der Waals surface area contributed by atoms with E-state index in [0.717, 1.165) is 49.7 Å². The average molecular weight is 579 g/mol. The SMILES string of the molecule is CC(C)=CCC/C(C)=C\CC/C(C)=C\C(=O)OCC(=O)[C@@]1(O)CC[C@H]2[C@@H]3CCC4=CC(=O)C=C[C@]4(C)[C@H]3C(O)C[C@@]21C. The molecule has 0 spiro atoms. The highest BCUT2D eigenvalue weighted by Crippen LogP contribution is 2.67. The van der Waals surface area contributed by atoms with E-state index < -0.39 is 40.9 Å². The molecule has 0 aromatic carbocycles. The first-order valence-corrected chi connectivity index (χ1v) is 15.7. The molecule has 3 fully saturated rings. The van der Waals surface area contributed by atoms with Crippen molar-refractivity contribution in [2.75, 3.05) is 6.61 Å². The quantitative estimate of drug-likeness (QED) is 0.174. The molecule has 4 aliphatic rings. The summed E-state index contributed by atoms with van der Waals surface area (Å²) >= 11 is 0. The van der Waals surface area contributed by atoms with Crippen molar-refractivity contribution in [1.29, 1.82) is 0 Å². The minimum atomic E-state index is -1.66. The summed E-state index contributed by atoms with van der Waals surface area (Å²) in [5.74, 6) is -0.957. The molecular formula is C36H50O6. The van der Waals surface area contributed by atoms with Crippen LogP contribution in [0.1, 0.15) is 99.3 Å². The molecule has 2 N–H and O–H groups in total. The predicted octanol–water partition coefficient (Wildman–Crippen LogP) is 6.53. The molecule has 3 saturated carbocycles. The first kappa shape index (κ1) is 32.3. The van der Waals surface area contributed by atoms with E-state index in [-0.39, 0.29) is 23.5 Å². The van der Waals surface area contributed by atoms with Gasteiger partial charge in [0.05, 0.1) is 6.10 Å². The van der Waals surface area contributed by atoms with E-state index in [1.54, 1.807) is 12.2 Å². The smallest absolute Gasteiger partial charge is 0.331 e. The van der Waals surface area contributed by atoms with Crippen molar-refractivity contribution in [2.24, 2.45) is 28.6 Å². The summed E-state index contributed by atoms with van der Waals surface area (Å²) < 4.78 is 5.35. The minimum absolute atomic E-state index is 0.00542. The van der Waals surface area contributed by atoms with Crippen LogP contribution in [0.3, 0.4) is 0 Å². The topological polar surface area (TPSA) is 101 Å². The molecule has 6 nitrogen and oxygen atoms in total. The molecule has 6 heteroatoms. The summed E-state index contributed by atoms with van der Waals surface area (Å²) in [5, 5.41) is 23.4. The van der Waals surface area contributed by atoms with Crippen LogP contribution in [0.5, 0.6) is 0 Å². The fourth-order valence-electron chi connectivity index (χ4n) is 8.60. The summed E-state index contributed by atoms with van der Waals surface area (Å²) in [6, 6.07) is 0. The second kappa shape index (κ2) is 12.6. The van der Waals surface area contributed by atoms with Gasteiger partial charge in [-0.2, -0.15) is 0 Å². The van der Waals surface area contributed by atoms with Gasteiger partial charge >= 0.3 is 5.97 Å². The van der Waals surface area contributed by atoms with Crippen LogP contribution in [0, 0.1) is 28.6 Å². The third kappa shape index (κ3) is 6.21. The molecule has 0 aliphatic heterocycles. The number of rotatable bonds is 10. The van der Waals surface area contributed by atoms with Gasteiger partial charge in [0.15, 0.2) is 12.4 Å². The minimum Gasteiger partial charge on any atom is -0.454 e. The molecule has 230 valence electrons. The Morgan fingerprint density at radius 3 is 2.45 bits per heavy atom. The van der Waals surface area contributed by atoms with Crippen molar-refractivity contribution in [3.63, 3.8) is 0 Å². The molecule has 0 aromatic heterocycles. The Morgan fingerprint density at radius 1 is 1.05 bits per heavy atom. The maximum Gasteiger partial charge on any atom is 0.331 e. The first-order valence-electron chi connectivity index (χ1n) is 15.7. The second-order valence-electron chi connectivity index (χ2n) is 14.0. The largest absolute Gasteiger partial charge is 0.454 e. The van der Waals surface area contributed by atoms with Crippen molar-refractivity contribution < 1.29 is 29.3 Å². The van der Waals surface area contributed by atoms with Gasteiger partial charge in [-0.3, -0.25) is 9.59 Å². The summed E-state index contributed by atoms with van der Waals surface area (Å²) in [5.41, 5.74) is 1.73. The molecule has 0 saturated heterocycles. The van der Waals surface area contributed by atoms with E-state index >= 15 is 0 Å². The third-order valence-corrected chi connectivity index (χ3v) is 10.9.